The predicted molar refractivity (Wildman–Crippen MR) is 78.3 cm³/mol. The average Bonchev–Trinajstić information content (AvgIpc) is 2.83. The van der Waals surface area contributed by atoms with Gasteiger partial charge in [-0.25, -0.2) is 0 Å². The van der Waals surface area contributed by atoms with Crippen LogP contribution >= 0.6 is 0 Å². The van der Waals surface area contributed by atoms with E-state index in [1.807, 2.05) is 0 Å². The molecule has 2 aliphatic rings. The molecule has 0 aliphatic heterocycles. The lowest BCUT2D eigenvalue weighted by Gasteiger charge is -2.33. The molecule has 0 nitrogen and oxygen atoms in total. The van der Waals surface area contributed by atoms with Crippen molar-refractivity contribution in [3.63, 3.8) is 0 Å². The lowest BCUT2D eigenvalue weighted by atomic mass is 9.71. The van der Waals surface area contributed by atoms with E-state index in [-0.39, 0.29) is 0 Å². The van der Waals surface area contributed by atoms with Crippen molar-refractivity contribution < 1.29 is 0 Å². The van der Waals surface area contributed by atoms with E-state index in [1.165, 1.54) is 29.5 Å². The molecule has 0 aromatic heterocycles. The second-order valence-corrected chi connectivity index (χ2v) is 6.57. The van der Waals surface area contributed by atoms with Crippen LogP contribution in [0.2, 0.25) is 0 Å². The summed E-state index contributed by atoms with van der Waals surface area (Å²) < 4.78 is 0. The fourth-order valence-electron chi connectivity index (χ4n) is 3.61. The Hall–Kier alpha value is -1.30. The summed E-state index contributed by atoms with van der Waals surface area (Å²) in [6, 6.07) is 8.83. The van der Waals surface area contributed by atoms with Gasteiger partial charge in [0.1, 0.15) is 0 Å². The van der Waals surface area contributed by atoms with Crippen molar-refractivity contribution in [2.75, 3.05) is 0 Å². The molecule has 2 aliphatic carbocycles. The highest BCUT2D eigenvalue weighted by molar-refractivity contribution is 5.57. The first kappa shape index (κ1) is 11.8. The third kappa shape index (κ3) is 1.67. The quantitative estimate of drug-likeness (QED) is 0.604. The van der Waals surface area contributed by atoms with Crippen LogP contribution in [-0.2, 0) is 0 Å². The van der Waals surface area contributed by atoms with Gasteiger partial charge in [0.15, 0.2) is 0 Å². The van der Waals surface area contributed by atoms with Crippen molar-refractivity contribution in [2.24, 2.45) is 17.3 Å². The molecule has 3 rings (SSSR count). The Bertz CT molecular complexity index is 513. The van der Waals surface area contributed by atoms with Gasteiger partial charge in [-0.05, 0) is 36.7 Å². The largest absolute Gasteiger partial charge is 0.0987 e. The summed E-state index contributed by atoms with van der Waals surface area (Å²) >= 11 is 0. The second kappa shape index (κ2) is 3.85. The number of hydrogen-bond acceptors (Lipinski definition) is 0. The maximum absolute atomic E-state index is 4.35. The number of fused-ring (bicyclic) bond motifs is 2. The van der Waals surface area contributed by atoms with Crippen LogP contribution in [0.25, 0.3) is 6.08 Å². The molecule has 0 saturated heterocycles. The van der Waals surface area contributed by atoms with E-state index in [0.717, 1.165) is 5.92 Å². The zero-order valence-corrected chi connectivity index (χ0v) is 11.7. The van der Waals surface area contributed by atoms with Crippen molar-refractivity contribution >= 4 is 6.08 Å². The van der Waals surface area contributed by atoms with Crippen LogP contribution in [0.3, 0.4) is 0 Å². The normalized spacial score (nSPS) is 31.3. The van der Waals surface area contributed by atoms with Crippen LogP contribution in [0.5, 0.6) is 0 Å². The minimum atomic E-state index is 0.356. The van der Waals surface area contributed by atoms with Gasteiger partial charge in [0.25, 0.3) is 0 Å². The molecule has 0 amide bonds. The lowest BCUT2D eigenvalue weighted by molar-refractivity contribution is 0.308. The Morgan fingerprint density at radius 2 is 1.89 bits per heavy atom. The molecule has 2 atom stereocenters. The van der Waals surface area contributed by atoms with Crippen LogP contribution < -0.4 is 0 Å². The zero-order valence-electron chi connectivity index (χ0n) is 11.7. The number of allylic oxidation sites excluding steroid dienone is 2. The summed E-state index contributed by atoms with van der Waals surface area (Å²) in [5.41, 5.74) is 6.09. The van der Waals surface area contributed by atoms with E-state index >= 15 is 0 Å². The molecule has 2 bridgehead atoms. The van der Waals surface area contributed by atoms with Gasteiger partial charge in [-0.3, -0.25) is 0 Å². The van der Waals surface area contributed by atoms with Crippen LogP contribution in [0.15, 0.2) is 42.0 Å². The smallest absolute Gasteiger partial charge is 0.00162 e. The van der Waals surface area contributed by atoms with Crippen molar-refractivity contribution in [1.29, 1.82) is 0 Å². The topological polar surface area (TPSA) is 0 Å². The van der Waals surface area contributed by atoms with Gasteiger partial charge in [-0.1, -0.05) is 67.5 Å². The standard InChI is InChI=1S/C18H22/c1-12-5-7-14(8-6-12)9-15-10-16-11-17(15)13(2)18(16,3)4/h5-9,16-17H,2,10-11H2,1,3-4H3. The van der Waals surface area contributed by atoms with Gasteiger partial charge in [-0.2, -0.15) is 0 Å². The minimum Gasteiger partial charge on any atom is -0.0987 e. The van der Waals surface area contributed by atoms with Gasteiger partial charge in [0.2, 0.25) is 0 Å². The van der Waals surface area contributed by atoms with Crippen molar-refractivity contribution in [3.8, 4) is 0 Å². The molecule has 0 heteroatoms. The Labute approximate surface area is 110 Å². The first-order valence-electron chi connectivity index (χ1n) is 6.95. The van der Waals surface area contributed by atoms with Gasteiger partial charge in [0, 0.05) is 5.92 Å². The fraction of sp³-hybridized carbons (Fsp3) is 0.444. The predicted octanol–water partition coefficient (Wildman–Crippen LogP) is 5.00. The van der Waals surface area contributed by atoms with Crippen LogP contribution in [0.1, 0.15) is 37.8 Å². The number of aryl methyl sites for hydroxylation is 1. The third-order valence-corrected chi connectivity index (χ3v) is 5.15. The molecule has 1 aromatic rings. The summed E-state index contributed by atoms with van der Waals surface area (Å²) in [6.45, 7) is 11.2. The number of rotatable bonds is 1. The highest BCUT2D eigenvalue weighted by Crippen LogP contribution is 2.60. The van der Waals surface area contributed by atoms with Crippen molar-refractivity contribution in [2.45, 2.75) is 33.6 Å². The first-order valence-corrected chi connectivity index (χ1v) is 6.95. The molecule has 94 valence electrons. The van der Waals surface area contributed by atoms with Gasteiger partial charge >= 0.3 is 0 Å². The summed E-state index contributed by atoms with van der Waals surface area (Å²) in [6.07, 6.45) is 4.98. The molecule has 2 saturated carbocycles. The molecule has 2 fully saturated rings. The maximum Gasteiger partial charge on any atom is 0.00162 e. The third-order valence-electron chi connectivity index (χ3n) is 5.15. The molecule has 0 spiro atoms. The second-order valence-electron chi connectivity index (χ2n) is 6.57. The molecular weight excluding hydrogens is 216 g/mol. The van der Waals surface area contributed by atoms with Crippen LogP contribution in [0, 0.1) is 24.2 Å². The Morgan fingerprint density at radius 1 is 1.22 bits per heavy atom. The lowest BCUT2D eigenvalue weighted by Crippen LogP contribution is -2.23. The van der Waals surface area contributed by atoms with Gasteiger partial charge < -0.3 is 0 Å². The number of benzene rings is 1. The molecular formula is C18H22. The summed E-state index contributed by atoms with van der Waals surface area (Å²) in [5.74, 6) is 1.46. The SMILES string of the molecule is C=C1C2CC(CC2=Cc2ccc(C)cc2)C1(C)C. The zero-order chi connectivity index (χ0) is 12.9. The number of hydrogen-bond donors (Lipinski definition) is 0. The average molecular weight is 238 g/mol. The van der Waals surface area contributed by atoms with E-state index < -0.39 is 0 Å². The molecule has 0 heterocycles. The molecule has 18 heavy (non-hydrogen) atoms. The van der Waals surface area contributed by atoms with Crippen molar-refractivity contribution in [3.05, 3.63) is 53.1 Å². The van der Waals surface area contributed by atoms with E-state index in [1.54, 1.807) is 5.57 Å². The maximum atomic E-state index is 4.35. The molecule has 2 unspecified atom stereocenters. The highest BCUT2D eigenvalue weighted by atomic mass is 14.5. The molecule has 1 aromatic carbocycles. The molecule has 0 N–H and O–H groups in total. The molecule has 0 radical (unpaired) electrons. The summed E-state index contributed by atoms with van der Waals surface area (Å²) in [5, 5.41) is 0. The van der Waals surface area contributed by atoms with E-state index in [9.17, 15) is 0 Å². The van der Waals surface area contributed by atoms with Gasteiger partial charge in [0.05, 0.1) is 0 Å². The monoisotopic (exact) mass is 238 g/mol. The minimum absolute atomic E-state index is 0.356. The Balaban J connectivity index is 1.89. The summed E-state index contributed by atoms with van der Waals surface area (Å²) in [7, 11) is 0. The van der Waals surface area contributed by atoms with Crippen LogP contribution in [0.4, 0.5) is 0 Å². The van der Waals surface area contributed by atoms with E-state index in [2.05, 4.69) is 57.7 Å². The summed E-state index contributed by atoms with van der Waals surface area (Å²) in [4.78, 5) is 0. The van der Waals surface area contributed by atoms with E-state index in [4.69, 9.17) is 0 Å². The van der Waals surface area contributed by atoms with Gasteiger partial charge in [-0.15, -0.1) is 0 Å². The first-order chi connectivity index (χ1) is 8.48. The van der Waals surface area contributed by atoms with Crippen LogP contribution in [-0.4, -0.2) is 0 Å². The Kier molecular flexibility index (Phi) is 2.52. The van der Waals surface area contributed by atoms with E-state index in [0.29, 0.717) is 11.3 Å². The fourth-order valence-corrected chi connectivity index (χ4v) is 3.61. The van der Waals surface area contributed by atoms with Crippen molar-refractivity contribution in [1.82, 2.24) is 0 Å². The Morgan fingerprint density at radius 3 is 2.44 bits per heavy atom. The highest BCUT2D eigenvalue weighted by Gasteiger charge is 2.50.